The number of benzene rings is 3. The zero-order chi connectivity index (χ0) is 25.9. The van der Waals surface area contributed by atoms with Crippen molar-refractivity contribution in [2.24, 2.45) is 5.16 Å². The molecule has 192 valence electrons. The molecule has 5 rings (SSSR count). The van der Waals surface area contributed by atoms with Crippen LogP contribution in [0, 0.1) is 0 Å². The predicted octanol–water partition coefficient (Wildman–Crippen LogP) is 6.75. The number of ether oxygens (including phenoxy) is 1. The lowest BCUT2D eigenvalue weighted by Gasteiger charge is -2.37. The summed E-state index contributed by atoms with van der Waals surface area (Å²) in [5, 5.41) is 7.45. The first-order valence-corrected chi connectivity index (χ1v) is 13.0. The van der Waals surface area contributed by atoms with Crippen LogP contribution in [0.3, 0.4) is 0 Å². The molecule has 0 bridgehead atoms. The number of oxime groups is 1. The Morgan fingerprint density at radius 2 is 1.65 bits per heavy atom. The molecule has 0 radical (unpaired) electrons. The number of carbonyl (C=O) groups is 1. The van der Waals surface area contributed by atoms with E-state index in [-0.39, 0.29) is 17.0 Å². The molecule has 1 fully saturated rings. The Labute approximate surface area is 219 Å². The quantitative estimate of drug-likeness (QED) is 0.424. The van der Waals surface area contributed by atoms with Crippen LogP contribution in [0.1, 0.15) is 56.7 Å². The summed E-state index contributed by atoms with van der Waals surface area (Å²) in [7, 11) is 0. The third-order valence-corrected chi connectivity index (χ3v) is 7.24. The van der Waals surface area contributed by atoms with Crippen molar-refractivity contribution in [2.45, 2.75) is 57.7 Å². The van der Waals surface area contributed by atoms with Gasteiger partial charge in [0.15, 0.2) is 0 Å². The van der Waals surface area contributed by atoms with Gasteiger partial charge in [-0.3, -0.25) is 0 Å². The zero-order valence-corrected chi connectivity index (χ0v) is 21.9. The molecule has 1 spiro atoms. The van der Waals surface area contributed by atoms with Crippen molar-refractivity contribution >= 4 is 17.4 Å². The summed E-state index contributed by atoms with van der Waals surface area (Å²) in [6, 6.07) is 26.1. The molecule has 6 heteroatoms. The zero-order valence-electron chi connectivity index (χ0n) is 21.9. The third-order valence-electron chi connectivity index (χ3n) is 7.24. The molecule has 0 aromatic heterocycles. The van der Waals surface area contributed by atoms with Crippen molar-refractivity contribution in [3.8, 4) is 5.75 Å². The highest BCUT2D eigenvalue weighted by molar-refractivity contribution is 6.01. The molecule has 1 N–H and O–H groups in total. The third kappa shape index (κ3) is 5.96. The lowest BCUT2D eigenvalue weighted by Crippen LogP contribution is -2.48. The summed E-state index contributed by atoms with van der Waals surface area (Å²) >= 11 is 0. The molecule has 3 aromatic carbocycles. The molecule has 2 heterocycles. The fraction of sp³-hybridized carbons (Fsp3) is 0.355. The Morgan fingerprint density at radius 1 is 0.973 bits per heavy atom. The van der Waals surface area contributed by atoms with Crippen molar-refractivity contribution in [1.82, 2.24) is 4.90 Å². The molecular formula is C31H35N3O3. The summed E-state index contributed by atoms with van der Waals surface area (Å²) in [6.45, 7) is 8.43. The first kappa shape index (κ1) is 24.9. The van der Waals surface area contributed by atoms with Crippen LogP contribution in [0.5, 0.6) is 5.75 Å². The maximum absolute atomic E-state index is 12.9. The monoisotopic (exact) mass is 497 g/mol. The Balaban J connectivity index is 1.10. The molecule has 2 amide bonds. The highest BCUT2D eigenvalue weighted by Gasteiger charge is 2.43. The molecule has 37 heavy (non-hydrogen) atoms. The van der Waals surface area contributed by atoms with E-state index in [2.05, 4.69) is 55.5 Å². The minimum absolute atomic E-state index is 0.0929. The van der Waals surface area contributed by atoms with Gasteiger partial charge in [-0.05, 0) is 46.4 Å². The van der Waals surface area contributed by atoms with E-state index < -0.39 is 0 Å². The summed E-state index contributed by atoms with van der Waals surface area (Å²) < 4.78 is 5.84. The van der Waals surface area contributed by atoms with Crippen LogP contribution < -0.4 is 10.1 Å². The number of hydrogen-bond acceptors (Lipinski definition) is 4. The lowest BCUT2D eigenvalue weighted by atomic mass is 9.84. The van der Waals surface area contributed by atoms with Crippen LogP contribution >= 0.6 is 0 Å². The molecule has 6 nitrogen and oxygen atoms in total. The van der Waals surface area contributed by atoms with Gasteiger partial charge in [-0.2, -0.15) is 0 Å². The average molecular weight is 498 g/mol. The van der Waals surface area contributed by atoms with E-state index in [0.29, 0.717) is 19.7 Å². The molecule has 3 aromatic rings. The smallest absolute Gasteiger partial charge is 0.321 e. The van der Waals surface area contributed by atoms with Gasteiger partial charge in [-0.1, -0.05) is 80.5 Å². The lowest BCUT2D eigenvalue weighted by molar-refractivity contribution is -0.0544. The van der Waals surface area contributed by atoms with Crippen molar-refractivity contribution in [1.29, 1.82) is 0 Å². The molecule has 0 aliphatic carbocycles. The maximum Gasteiger partial charge on any atom is 0.321 e. The van der Waals surface area contributed by atoms with Gasteiger partial charge in [-0.25, -0.2) is 4.79 Å². The standard InChI is InChI=1S/C31H35N3O3/c1-30(2,3)25-11-9-24(10-12-25)28-21-31(37-33-28)17-19-34(20-18-31)29(35)32-26-13-15-27(16-14-26)36-22-23-7-5-4-6-8-23/h4-16H,17-22H2,1-3H3,(H,32,35). The number of carbonyl (C=O) groups excluding carboxylic acids is 1. The van der Waals surface area contributed by atoms with Crippen LogP contribution in [0.25, 0.3) is 0 Å². The predicted molar refractivity (Wildman–Crippen MR) is 147 cm³/mol. The van der Waals surface area contributed by atoms with E-state index in [1.807, 2.05) is 59.5 Å². The van der Waals surface area contributed by atoms with Crippen molar-refractivity contribution in [2.75, 3.05) is 18.4 Å². The van der Waals surface area contributed by atoms with E-state index in [9.17, 15) is 4.79 Å². The van der Waals surface area contributed by atoms with Crippen molar-refractivity contribution < 1.29 is 14.4 Å². The van der Waals surface area contributed by atoms with E-state index in [1.54, 1.807) is 0 Å². The molecule has 0 saturated carbocycles. The van der Waals surface area contributed by atoms with Gasteiger partial charge in [-0.15, -0.1) is 0 Å². The molecule has 0 unspecified atom stereocenters. The van der Waals surface area contributed by atoms with Gasteiger partial charge in [0.2, 0.25) is 0 Å². The summed E-state index contributed by atoms with van der Waals surface area (Å²) in [5.41, 5.74) is 5.09. The fourth-order valence-electron chi connectivity index (χ4n) is 4.80. The number of piperidine rings is 1. The maximum atomic E-state index is 12.9. The average Bonchev–Trinajstić information content (AvgIpc) is 3.32. The Morgan fingerprint density at radius 3 is 2.30 bits per heavy atom. The van der Waals surface area contributed by atoms with Gasteiger partial charge in [0.25, 0.3) is 0 Å². The van der Waals surface area contributed by atoms with Crippen LogP contribution in [0.4, 0.5) is 10.5 Å². The molecule has 2 aliphatic rings. The van der Waals surface area contributed by atoms with Crippen LogP contribution in [0.2, 0.25) is 0 Å². The second kappa shape index (κ2) is 10.3. The number of anilines is 1. The summed E-state index contributed by atoms with van der Waals surface area (Å²) in [4.78, 5) is 20.7. The van der Waals surface area contributed by atoms with E-state index in [4.69, 9.17) is 9.57 Å². The second-order valence-electron chi connectivity index (χ2n) is 11.0. The van der Waals surface area contributed by atoms with Crippen LogP contribution in [-0.4, -0.2) is 35.3 Å². The fourth-order valence-corrected chi connectivity index (χ4v) is 4.80. The first-order chi connectivity index (χ1) is 17.8. The number of nitrogens with one attached hydrogen (secondary N) is 1. The highest BCUT2D eigenvalue weighted by Crippen LogP contribution is 2.36. The largest absolute Gasteiger partial charge is 0.489 e. The van der Waals surface area contributed by atoms with Crippen molar-refractivity contribution in [3.05, 3.63) is 95.6 Å². The van der Waals surface area contributed by atoms with Crippen molar-refractivity contribution in [3.63, 3.8) is 0 Å². The normalized spacial score (nSPS) is 16.7. The van der Waals surface area contributed by atoms with Gasteiger partial charge in [0, 0.05) is 38.0 Å². The number of hydrogen-bond donors (Lipinski definition) is 1. The number of urea groups is 1. The Bertz CT molecular complexity index is 1240. The second-order valence-corrected chi connectivity index (χ2v) is 11.0. The molecule has 0 atom stereocenters. The Hall–Kier alpha value is -3.80. The Kier molecular flexibility index (Phi) is 6.92. The first-order valence-electron chi connectivity index (χ1n) is 13.0. The number of nitrogens with zero attached hydrogens (tertiary/aromatic N) is 2. The van der Waals surface area contributed by atoms with Crippen LogP contribution in [-0.2, 0) is 16.9 Å². The SMILES string of the molecule is CC(C)(C)c1ccc(C2=NOC3(CCN(C(=O)Nc4ccc(OCc5ccccc5)cc4)CC3)C2)cc1. The van der Waals surface area contributed by atoms with E-state index in [0.717, 1.165) is 47.5 Å². The number of amides is 2. The van der Waals surface area contributed by atoms with Gasteiger partial charge >= 0.3 is 6.03 Å². The summed E-state index contributed by atoms with van der Waals surface area (Å²) in [5.74, 6) is 0.768. The molecular weight excluding hydrogens is 462 g/mol. The molecule has 2 aliphatic heterocycles. The van der Waals surface area contributed by atoms with Gasteiger partial charge < -0.3 is 19.8 Å². The van der Waals surface area contributed by atoms with Crippen LogP contribution in [0.15, 0.2) is 84.0 Å². The topological polar surface area (TPSA) is 63.2 Å². The van der Waals surface area contributed by atoms with E-state index >= 15 is 0 Å². The minimum Gasteiger partial charge on any atom is -0.489 e. The van der Waals surface area contributed by atoms with E-state index in [1.165, 1.54) is 5.56 Å². The van der Waals surface area contributed by atoms with Gasteiger partial charge in [0.1, 0.15) is 18.0 Å². The van der Waals surface area contributed by atoms with Gasteiger partial charge in [0.05, 0.1) is 5.71 Å². The molecule has 1 saturated heterocycles. The minimum atomic E-state index is -0.313. The highest BCUT2D eigenvalue weighted by atomic mass is 16.7. The number of rotatable bonds is 5. The summed E-state index contributed by atoms with van der Waals surface area (Å²) in [6.07, 6.45) is 2.31. The number of likely N-dealkylation sites (tertiary alicyclic amines) is 1.